The van der Waals surface area contributed by atoms with Crippen molar-refractivity contribution in [2.24, 2.45) is 0 Å². The molecule has 0 bridgehead atoms. The summed E-state index contributed by atoms with van der Waals surface area (Å²) in [6.45, 7) is -0.818. The monoisotopic (exact) mass is 276 g/mol. The molecule has 5 nitrogen and oxygen atoms in total. The standard InChI is InChI=1S/C11H11F3N2O3/c12-11(13,14)10(19)3-5-16(6-10)8-7(9(17)18)2-1-4-15-8/h1-2,4,19H,3,5-6H2,(H,17,18). The van der Waals surface area contributed by atoms with Crippen LogP contribution in [0.5, 0.6) is 0 Å². The highest BCUT2D eigenvalue weighted by molar-refractivity contribution is 5.93. The maximum absolute atomic E-state index is 12.7. The Hall–Kier alpha value is -1.83. The van der Waals surface area contributed by atoms with Gasteiger partial charge < -0.3 is 15.1 Å². The molecule has 1 atom stereocenters. The van der Waals surface area contributed by atoms with Crippen molar-refractivity contribution in [1.82, 2.24) is 4.98 Å². The maximum atomic E-state index is 12.7. The first-order valence-corrected chi connectivity index (χ1v) is 5.47. The van der Waals surface area contributed by atoms with E-state index in [-0.39, 0.29) is 17.9 Å². The second-order valence-corrected chi connectivity index (χ2v) is 4.38. The molecule has 0 saturated carbocycles. The number of carboxylic acid groups (broad SMARTS) is 1. The lowest BCUT2D eigenvalue weighted by Crippen LogP contribution is -2.47. The Labute approximate surface area is 106 Å². The van der Waals surface area contributed by atoms with E-state index in [1.54, 1.807) is 0 Å². The zero-order valence-corrected chi connectivity index (χ0v) is 9.68. The van der Waals surface area contributed by atoms with Crippen LogP contribution < -0.4 is 4.90 Å². The van der Waals surface area contributed by atoms with Crippen molar-refractivity contribution in [3.63, 3.8) is 0 Å². The lowest BCUT2D eigenvalue weighted by atomic mass is 10.0. The van der Waals surface area contributed by atoms with Crippen LogP contribution in [0, 0.1) is 0 Å². The summed E-state index contributed by atoms with van der Waals surface area (Å²) in [5, 5.41) is 18.5. The SMILES string of the molecule is O=C(O)c1cccnc1N1CCC(O)(C(F)(F)F)C1. The smallest absolute Gasteiger partial charge is 0.418 e. The summed E-state index contributed by atoms with van der Waals surface area (Å²) in [7, 11) is 0. The number of nitrogens with zero attached hydrogens (tertiary/aromatic N) is 2. The second-order valence-electron chi connectivity index (χ2n) is 4.38. The first kappa shape index (κ1) is 13.6. The molecule has 1 aliphatic heterocycles. The molecule has 1 aliphatic rings. The molecule has 1 fully saturated rings. The summed E-state index contributed by atoms with van der Waals surface area (Å²) < 4.78 is 38.0. The Kier molecular flexibility index (Phi) is 3.13. The number of rotatable bonds is 2. The van der Waals surface area contributed by atoms with E-state index in [1.807, 2.05) is 0 Å². The summed E-state index contributed by atoms with van der Waals surface area (Å²) in [6, 6.07) is 2.65. The van der Waals surface area contributed by atoms with Crippen molar-refractivity contribution in [2.45, 2.75) is 18.2 Å². The Morgan fingerprint density at radius 1 is 1.47 bits per heavy atom. The number of carboxylic acids is 1. The minimum atomic E-state index is -4.75. The van der Waals surface area contributed by atoms with Crippen LogP contribution in [0.4, 0.5) is 19.0 Å². The van der Waals surface area contributed by atoms with Gasteiger partial charge in [-0.25, -0.2) is 9.78 Å². The minimum absolute atomic E-state index is 0.0600. The van der Waals surface area contributed by atoms with Crippen molar-refractivity contribution >= 4 is 11.8 Å². The second kappa shape index (κ2) is 4.37. The van der Waals surface area contributed by atoms with Gasteiger partial charge in [0.15, 0.2) is 5.60 Å². The maximum Gasteiger partial charge on any atom is 0.418 e. The van der Waals surface area contributed by atoms with Crippen LogP contribution >= 0.6 is 0 Å². The van der Waals surface area contributed by atoms with Gasteiger partial charge in [-0.3, -0.25) is 0 Å². The lowest BCUT2D eigenvalue weighted by molar-refractivity contribution is -0.250. The number of hydrogen-bond acceptors (Lipinski definition) is 4. The zero-order valence-electron chi connectivity index (χ0n) is 9.68. The number of alkyl halides is 3. The highest BCUT2D eigenvalue weighted by Crippen LogP contribution is 2.39. The van der Waals surface area contributed by atoms with E-state index in [2.05, 4.69) is 4.98 Å². The van der Waals surface area contributed by atoms with E-state index in [1.165, 1.54) is 18.3 Å². The van der Waals surface area contributed by atoms with E-state index in [4.69, 9.17) is 5.11 Å². The molecule has 2 heterocycles. The van der Waals surface area contributed by atoms with Gasteiger partial charge in [0.25, 0.3) is 0 Å². The number of pyridine rings is 1. The number of aromatic carboxylic acids is 1. The number of aromatic nitrogens is 1. The quantitative estimate of drug-likeness (QED) is 0.851. The molecule has 0 radical (unpaired) electrons. The van der Waals surface area contributed by atoms with Gasteiger partial charge in [0.05, 0.1) is 6.54 Å². The zero-order chi connectivity index (χ0) is 14.3. The van der Waals surface area contributed by atoms with Crippen LogP contribution in [0.25, 0.3) is 0 Å². The summed E-state index contributed by atoms with van der Waals surface area (Å²) in [6.07, 6.45) is -3.96. The number of carbonyl (C=O) groups is 1. The molecule has 0 aromatic carbocycles. The van der Waals surface area contributed by atoms with E-state index in [9.17, 15) is 23.1 Å². The first-order chi connectivity index (χ1) is 8.74. The molecule has 1 unspecified atom stereocenters. The molecule has 0 amide bonds. The van der Waals surface area contributed by atoms with Gasteiger partial charge in [-0.2, -0.15) is 13.2 Å². The Morgan fingerprint density at radius 3 is 2.68 bits per heavy atom. The van der Waals surface area contributed by atoms with Crippen LogP contribution in [0.1, 0.15) is 16.8 Å². The third-order valence-electron chi connectivity index (χ3n) is 3.09. The third-order valence-corrected chi connectivity index (χ3v) is 3.09. The molecule has 1 aromatic heterocycles. The highest BCUT2D eigenvalue weighted by Gasteiger charge is 2.57. The number of hydrogen-bond donors (Lipinski definition) is 2. The molecule has 19 heavy (non-hydrogen) atoms. The number of β-amino-alcohol motifs (C(OH)–C–C–N with tert-alkyl or cyclic N) is 1. The fraction of sp³-hybridized carbons (Fsp3) is 0.455. The Balaban J connectivity index is 2.30. The summed E-state index contributed by atoms with van der Waals surface area (Å²) in [5.41, 5.74) is -3.01. The van der Waals surface area contributed by atoms with Crippen LogP contribution in [-0.4, -0.2) is 46.0 Å². The van der Waals surface area contributed by atoms with Crippen molar-refractivity contribution < 1.29 is 28.2 Å². The molecule has 0 spiro atoms. The van der Waals surface area contributed by atoms with E-state index in [0.29, 0.717) is 0 Å². The van der Waals surface area contributed by atoms with Gasteiger partial charge in [-0.1, -0.05) is 0 Å². The van der Waals surface area contributed by atoms with Crippen molar-refractivity contribution in [3.05, 3.63) is 23.9 Å². The topological polar surface area (TPSA) is 73.7 Å². The predicted octanol–water partition coefficient (Wildman–Crippen LogP) is 1.28. The fourth-order valence-corrected chi connectivity index (χ4v) is 2.02. The largest absolute Gasteiger partial charge is 0.478 e. The molecule has 2 N–H and O–H groups in total. The van der Waals surface area contributed by atoms with Crippen molar-refractivity contribution in [1.29, 1.82) is 0 Å². The van der Waals surface area contributed by atoms with Crippen LogP contribution in [-0.2, 0) is 0 Å². The molecule has 2 rings (SSSR count). The molecule has 8 heteroatoms. The van der Waals surface area contributed by atoms with Gasteiger partial charge in [-0.05, 0) is 12.1 Å². The van der Waals surface area contributed by atoms with Crippen molar-refractivity contribution in [3.8, 4) is 0 Å². The third kappa shape index (κ3) is 2.35. The van der Waals surface area contributed by atoms with Gasteiger partial charge in [0.1, 0.15) is 11.4 Å². The van der Waals surface area contributed by atoms with Gasteiger partial charge >= 0.3 is 12.1 Å². The molecule has 1 saturated heterocycles. The number of aliphatic hydroxyl groups is 1. The van der Waals surface area contributed by atoms with Crippen LogP contribution in [0.3, 0.4) is 0 Å². The summed E-state index contributed by atoms with van der Waals surface area (Å²) >= 11 is 0. The van der Waals surface area contributed by atoms with Gasteiger partial charge in [0, 0.05) is 19.2 Å². The summed E-state index contributed by atoms with van der Waals surface area (Å²) in [5.74, 6) is -1.33. The molecule has 0 aliphatic carbocycles. The van der Waals surface area contributed by atoms with E-state index < -0.39 is 30.7 Å². The van der Waals surface area contributed by atoms with E-state index in [0.717, 1.165) is 4.90 Å². The number of halogens is 3. The fourth-order valence-electron chi connectivity index (χ4n) is 2.02. The lowest BCUT2D eigenvalue weighted by Gasteiger charge is -2.26. The molecular weight excluding hydrogens is 265 g/mol. The van der Waals surface area contributed by atoms with Gasteiger partial charge in [-0.15, -0.1) is 0 Å². The summed E-state index contributed by atoms with van der Waals surface area (Å²) in [4.78, 5) is 15.9. The van der Waals surface area contributed by atoms with E-state index >= 15 is 0 Å². The van der Waals surface area contributed by atoms with Crippen molar-refractivity contribution in [2.75, 3.05) is 18.0 Å². The average molecular weight is 276 g/mol. The number of anilines is 1. The van der Waals surface area contributed by atoms with Gasteiger partial charge in [0.2, 0.25) is 0 Å². The van der Waals surface area contributed by atoms with Crippen LogP contribution in [0.15, 0.2) is 18.3 Å². The molecule has 104 valence electrons. The van der Waals surface area contributed by atoms with Crippen LogP contribution in [0.2, 0.25) is 0 Å². The highest BCUT2D eigenvalue weighted by atomic mass is 19.4. The Bertz CT molecular complexity index is 506. The minimum Gasteiger partial charge on any atom is -0.478 e. The molecule has 1 aromatic rings. The Morgan fingerprint density at radius 2 is 2.16 bits per heavy atom. The predicted molar refractivity (Wildman–Crippen MR) is 59.0 cm³/mol. The average Bonchev–Trinajstić information content (AvgIpc) is 2.72. The molecular formula is C11H11F3N2O3. The normalized spacial score (nSPS) is 23.7. The first-order valence-electron chi connectivity index (χ1n) is 5.47.